The first-order chi connectivity index (χ1) is 10.1. The molecule has 5 heteroatoms. The van der Waals surface area contributed by atoms with Crippen molar-refractivity contribution in [3.05, 3.63) is 63.1 Å². The molecular weight excluding hydrogens is 352 g/mol. The maximum Gasteiger partial charge on any atom is 0.248 e. The van der Waals surface area contributed by atoms with Crippen LogP contribution < -0.4 is 4.90 Å². The molecule has 0 N–H and O–H groups in total. The van der Waals surface area contributed by atoms with Gasteiger partial charge < -0.3 is 4.90 Å². The molecule has 0 saturated carbocycles. The number of benzodiazepines with no additional fused rings is 1. The van der Waals surface area contributed by atoms with Crippen molar-refractivity contribution in [2.45, 2.75) is 0 Å². The first kappa shape index (κ1) is 14.3. The summed E-state index contributed by atoms with van der Waals surface area (Å²) in [5.41, 5.74) is 3.43. The predicted octanol–water partition coefficient (Wildman–Crippen LogP) is 3.92. The third-order valence-corrected chi connectivity index (χ3v) is 4.15. The van der Waals surface area contributed by atoms with E-state index in [-0.39, 0.29) is 12.5 Å². The van der Waals surface area contributed by atoms with E-state index in [1.807, 2.05) is 36.4 Å². The van der Waals surface area contributed by atoms with Crippen LogP contribution in [0.15, 0.2) is 51.9 Å². The normalized spacial score (nSPS) is 14.5. The minimum absolute atomic E-state index is 0.0384. The van der Waals surface area contributed by atoms with Crippen molar-refractivity contribution in [3.63, 3.8) is 0 Å². The Morgan fingerprint density at radius 1 is 1.24 bits per heavy atom. The largest absolute Gasteiger partial charge is 0.313 e. The molecule has 1 heterocycles. The van der Waals surface area contributed by atoms with Crippen molar-refractivity contribution in [2.24, 2.45) is 4.99 Å². The molecule has 2 aromatic rings. The average molecular weight is 364 g/mol. The number of hydrogen-bond acceptors (Lipinski definition) is 2. The Bertz CT molecular complexity index is 758. The Morgan fingerprint density at radius 2 is 2.05 bits per heavy atom. The first-order valence-electron chi connectivity index (χ1n) is 6.43. The molecule has 1 aliphatic rings. The van der Waals surface area contributed by atoms with Gasteiger partial charge in [0.25, 0.3) is 0 Å². The molecular formula is C16H12BrClN2O. The standard InChI is InChI=1S/C16H12BrClN2O/c1-20-14-6-5-12(18)8-13(14)16(19-9-15(20)21)10-3-2-4-11(17)7-10/h2-8H,9H2,1H3. The van der Waals surface area contributed by atoms with Gasteiger partial charge in [-0.3, -0.25) is 9.79 Å². The van der Waals surface area contributed by atoms with Gasteiger partial charge in [-0.1, -0.05) is 39.7 Å². The van der Waals surface area contributed by atoms with E-state index in [2.05, 4.69) is 20.9 Å². The molecule has 1 amide bonds. The fourth-order valence-corrected chi connectivity index (χ4v) is 2.92. The van der Waals surface area contributed by atoms with E-state index in [0.29, 0.717) is 5.02 Å². The smallest absolute Gasteiger partial charge is 0.248 e. The molecule has 0 unspecified atom stereocenters. The van der Waals surface area contributed by atoms with E-state index in [9.17, 15) is 4.79 Å². The van der Waals surface area contributed by atoms with Crippen LogP contribution in [0, 0.1) is 0 Å². The average Bonchev–Trinajstić information content (AvgIpc) is 2.57. The molecule has 0 saturated heterocycles. The number of aliphatic imine (C=N–C) groups is 1. The summed E-state index contributed by atoms with van der Waals surface area (Å²) in [6.45, 7) is 0.130. The summed E-state index contributed by atoms with van der Waals surface area (Å²) in [4.78, 5) is 18.2. The lowest BCUT2D eigenvalue weighted by atomic mass is 10.0. The first-order valence-corrected chi connectivity index (χ1v) is 7.60. The molecule has 0 aromatic heterocycles. The van der Waals surface area contributed by atoms with Crippen molar-refractivity contribution in [1.82, 2.24) is 0 Å². The van der Waals surface area contributed by atoms with Gasteiger partial charge in [-0.2, -0.15) is 0 Å². The number of carbonyl (C=O) groups excluding carboxylic acids is 1. The lowest BCUT2D eigenvalue weighted by Gasteiger charge is -2.18. The van der Waals surface area contributed by atoms with Crippen LogP contribution in [0.3, 0.4) is 0 Å². The van der Waals surface area contributed by atoms with Gasteiger partial charge in [0.15, 0.2) is 0 Å². The molecule has 3 rings (SSSR count). The fourth-order valence-electron chi connectivity index (χ4n) is 2.35. The van der Waals surface area contributed by atoms with Crippen LogP contribution in [0.5, 0.6) is 0 Å². The van der Waals surface area contributed by atoms with Crippen molar-refractivity contribution < 1.29 is 4.79 Å². The van der Waals surface area contributed by atoms with E-state index < -0.39 is 0 Å². The highest BCUT2D eigenvalue weighted by atomic mass is 79.9. The van der Waals surface area contributed by atoms with E-state index in [0.717, 1.165) is 27.0 Å². The lowest BCUT2D eigenvalue weighted by Crippen LogP contribution is -2.27. The van der Waals surface area contributed by atoms with Gasteiger partial charge in [-0.05, 0) is 30.3 Å². The number of hydrogen-bond donors (Lipinski definition) is 0. The second kappa shape index (κ2) is 5.62. The second-order valence-corrected chi connectivity index (χ2v) is 6.14. The van der Waals surface area contributed by atoms with Gasteiger partial charge in [-0.15, -0.1) is 0 Å². The summed E-state index contributed by atoms with van der Waals surface area (Å²) in [7, 11) is 1.76. The number of anilines is 1. The summed E-state index contributed by atoms with van der Waals surface area (Å²) >= 11 is 9.60. The van der Waals surface area contributed by atoms with Crippen LogP contribution in [0.25, 0.3) is 0 Å². The minimum atomic E-state index is -0.0384. The van der Waals surface area contributed by atoms with Gasteiger partial charge in [0, 0.05) is 27.7 Å². The highest BCUT2D eigenvalue weighted by molar-refractivity contribution is 9.10. The predicted molar refractivity (Wildman–Crippen MR) is 89.5 cm³/mol. The molecule has 2 aromatic carbocycles. The summed E-state index contributed by atoms with van der Waals surface area (Å²) in [5, 5.41) is 0.624. The van der Waals surface area contributed by atoms with Crippen LogP contribution in [0.4, 0.5) is 5.69 Å². The Balaban J connectivity index is 2.23. The third-order valence-electron chi connectivity index (χ3n) is 3.42. The Hall–Kier alpha value is -1.65. The number of benzene rings is 2. The molecule has 0 atom stereocenters. The Kier molecular flexibility index (Phi) is 3.83. The number of rotatable bonds is 1. The maximum atomic E-state index is 12.1. The SMILES string of the molecule is CN1C(=O)CN=C(c2cccc(Br)c2)c2cc(Cl)ccc21. The quantitative estimate of drug-likeness (QED) is 0.756. The lowest BCUT2D eigenvalue weighted by molar-refractivity contribution is -0.116. The minimum Gasteiger partial charge on any atom is -0.313 e. The van der Waals surface area contributed by atoms with Gasteiger partial charge in [0.2, 0.25) is 5.91 Å². The topological polar surface area (TPSA) is 32.7 Å². The molecule has 1 aliphatic heterocycles. The molecule has 3 nitrogen and oxygen atoms in total. The molecule has 21 heavy (non-hydrogen) atoms. The molecule has 0 fully saturated rings. The van der Waals surface area contributed by atoms with Crippen molar-refractivity contribution in [3.8, 4) is 0 Å². The van der Waals surface area contributed by atoms with Gasteiger partial charge in [-0.25, -0.2) is 0 Å². The number of likely N-dealkylation sites (N-methyl/N-ethyl adjacent to an activating group) is 1. The second-order valence-electron chi connectivity index (χ2n) is 4.79. The van der Waals surface area contributed by atoms with Crippen LogP contribution in [-0.4, -0.2) is 25.2 Å². The number of halogens is 2. The van der Waals surface area contributed by atoms with Gasteiger partial charge >= 0.3 is 0 Å². The summed E-state index contributed by atoms with van der Waals surface area (Å²) in [6, 6.07) is 13.4. The number of nitrogens with zero attached hydrogens (tertiary/aromatic N) is 2. The van der Waals surface area contributed by atoms with Crippen LogP contribution >= 0.6 is 27.5 Å². The van der Waals surface area contributed by atoms with Crippen molar-refractivity contribution in [1.29, 1.82) is 0 Å². The molecule has 0 aliphatic carbocycles. The Morgan fingerprint density at radius 3 is 2.81 bits per heavy atom. The van der Waals surface area contributed by atoms with Crippen LogP contribution in [0.2, 0.25) is 5.02 Å². The van der Waals surface area contributed by atoms with Gasteiger partial charge in [0.1, 0.15) is 6.54 Å². The van der Waals surface area contributed by atoms with Gasteiger partial charge in [0.05, 0.1) is 11.4 Å². The van der Waals surface area contributed by atoms with Crippen molar-refractivity contribution in [2.75, 3.05) is 18.5 Å². The summed E-state index contributed by atoms with van der Waals surface area (Å²) in [5.74, 6) is -0.0384. The zero-order chi connectivity index (χ0) is 15.0. The van der Waals surface area contributed by atoms with Crippen LogP contribution in [0.1, 0.15) is 11.1 Å². The number of carbonyl (C=O) groups is 1. The summed E-state index contributed by atoms with van der Waals surface area (Å²) < 4.78 is 0.968. The highest BCUT2D eigenvalue weighted by Crippen LogP contribution is 2.29. The maximum absolute atomic E-state index is 12.1. The molecule has 106 valence electrons. The van der Waals surface area contributed by atoms with Crippen LogP contribution in [-0.2, 0) is 4.79 Å². The molecule has 0 radical (unpaired) electrons. The molecule has 0 spiro atoms. The fraction of sp³-hybridized carbons (Fsp3) is 0.125. The van der Waals surface area contributed by atoms with E-state index >= 15 is 0 Å². The molecule has 0 bridgehead atoms. The zero-order valence-electron chi connectivity index (χ0n) is 11.3. The monoisotopic (exact) mass is 362 g/mol. The van der Waals surface area contributed by atoms with E-state index in [1.165, 1.54) is 0 Å². The number of fused-ring (bicyclic) bond motifs is 1. The Labute approximate surface area is 136 Å². The number of amides is 1. The highest BCUT2D eigenvalue weighted by Gasteiger charge is 2.22. The van der Waals surface area contributed by atoms with Crippen molar-refractivity contribution >= 4 is 44.8 Å². The summed E-state index contributed by atoms with van der Waals surface area (Å²) in [6.07, 6.45) is 0. The van der Waals surface area contributed by atoms with E-state index in [4.69, 9.17) is 11.6 Å². The zero-order valence-corrected chi connectivity index (χ0v) is 13.6. The third kappa shape index (κ3) is 2.74. The van der Waals surface area contributed by atoms with E-state index in [1.54, 1.807) is 18.0 Å².